The molecule has 24 heavy (non-hydrogen) atoms. The Bertz CT molecular complexity index is 593. The topological polar surface area (TPSA) is 27.7 Å². The Morgan fingerprint density at radius 1 is 1.17 bits per heavy atom. The van der Waals surface area contributed by atoms with E-state index in [1.165, 1.54) is 6.08 Å². The average Bonchev–Trinajstić information content (AvgIpc) is 2.50. The summed E-state index contributed by atoms with van der Waals surface area (Å²) in [6.07, 6.45) is 2.95. The lowest BCUT2D eigenvalue weighted by Crippen LogP contribution is -2.32. The minimum atomic E-state index is -4.86. The molecule has 1 aliphatic heterocycles. The van der Waals surface area contributed by atoms with E-state index in [4.69, 9.17) is 9.47 Å². The molecule has 3 nitrogen and oxygen atoms in total. The normalized spacial score (nSPS) is 22.4. The number of hydrogen-bond acceptors (Lipinski definition) is 4. The molecule has 2 rings (SSSR count). The van der Waals surface area contributed by atoms with Crippen molar-refractivity contribution in [3.63, 3.8) is 0 Å². The van der Waals surface area contributed by atoms with E-state index >= 15 is 0 Å². The molecular formula is C16H16F4O3S. The molecule has 1 saturated heterocycles. The van der Waals surface area contributed by atoms with Crippen LogP contribution in [0.15, 0.2) is 36.4 Å². The smallest absolute Gasteiger partial charge is 0.406 e. The standard InChI is InChI=1S/C16H16F4O3S/c1-24-14-9-21-15(22-10-14)5-3-2-4-11-6-12(17)8-13(7-11)23-16(18,19)20/h2-8,14-15H,9-10H2,1H3/b4-2+,5-3+. The van der Waals surface area contributed by atoms with Crippen LogP contribution in [0.4, 0.5) is 17.6 Å². The van der Waals surface area contributed by atoms with Crippen molar-refractivity contribution in [3.8, 4) is 5.75 Å². The van der Waals surface area contributed by atoms with Gasteiger partial charge in [0.05, 0.1) is 18.5 Å². The fourth-order valence-electron chi connectivity index (χ4n) is 1.94. The van der Waals surface area contributed by atoms with Crippen molar-refractivity contribution in [2.75, 3.05) is 19.5 Å². The first-order chi connectivity index (χ1) is 11.4. The van der Waals surface area contributed by atoms with Gasteiger partial charge in [0, 0.05) is 6.07 Å². The Morgan fingerprint density at radius 3 is 2.50 bits per heavy atom. The third-order valence-electron chi connectivity index (χ3n) is 3.02. The molecule has 0 aromatic heterocycles. The van der Waals surface area contributed by atoms with E-state index in [0.717, 1.165) is 12.1 Å². The Labute approximate surface area is 141 Å². The number of halogens is 4. The van der Waals surface area contributed by atoms with Crippen molar-refractivity contribution in [1.82, 2.24) is 0 Å². The van der Waals surface area contributed by atoms with Crippen LogP contribution in [0, 0.1) is 5.82 Å². The van der Waals surface area contributed by atoms with Gasteiger partial charge < -0.3 is 14.2 Å². The highest BCUT2D eigenvalue weighted by Crippen LogP contribution is 2.25. The van der Waals surface area contributed by atoms with Gasteiger partial charge in [0.1, 0.15) is 11.6 Å². The van der Waals surface area contributed by atoms with Crippen molar-refractivity contribution >= 4 is 17.8 Å². The molecule has 0 amide bonds. The summed E-state index contributed by atoms with van der Waals surface area (Å²) < 4.78 is 64.5. The monoisotopic (exact) mass is 364 g/mol. The number of alkyl halides is 3. The molecule has 0 saturated carbocycles. The molecule has 132 valence electrons. The second-order valence-corrected chi connectivity index (χ2v) is 6.04. The van der Waals surface area contributed by atoms with Crippen molar-refractivity contribution in [1.29, 1.82) is 0 Å². The lowest BCUT2D eigenvalue weighted by molar-refractivity contribution is -0.274. The SMILES string of the molecule is CSC1COC(/C=C/C=C/c2cc(F)cc(OC(F)(F)F)c2)OC1. The second-order valence-electron chi connectivity index (χ2n) is 4.90. The van der Waals surface area contributed by atoms with E-state index in [0.29, 0.717) is 24.5 Å². The molecule has 1 aliphatic rings. The second kappa shape index (κ2) is 8.55. The molecule has 0 bridgehead atoms. The predicted octanol–water partition coefficient (Wildman–Crippen LogP) is 4.40. The van der Waals surface area contributed by atoms with E-state index in [1.807, 2.05) is 6.26 Å². The maximum atomic E-state index is 13.3. The van der Waals surface area contributed by atoms with Gasteiger partial charge in [0.25, 0.3) is 0 Å². The van der Waals surface area contributed by atoms with Crippen LogP contribution in [-0.2, 0) is 9.47 Å². The largest absolute Gasteiger partial charge is 0.573 e. The van der Waals surface area contributed by atoms with Crippen molar-refractivity contribution in [2.45, 2.75) is 17.9 Å². The molecule has 0 spiro atoms. The molecular weight excluding hydrogens is 348 g/mol. The summed E-state index contributed by atoms with van der Waals surface area (Å²) in [4.78, 5) is 0. The Balaban J connectivity index is 1.93. The first kappa shape index (κ1) is 18.8. The van der Waals surface area contributed by atoms with Crippen LogP contribution < -0.4 is 4.74 Å². The van der Waals surface area contributed by atoms with Crippen molar-refractivity contribution < 1.29 is 31.8 Å². The summed E-state index contributed by atoms with van der Waals surface area (Å²) in [7, 11) is 0. The molecule has 1 aromatic carbocycles. The van der Waals surface area contributed by atoms with Crippen LogP contribution >= 0.6 is 11.8 Å². The zero-order valence-electron chi connectivity index (χ0n) is 12.8. The van der Waals surface area contributed by atoms with Crippen LogP contribution in [0.25, 0.3) is 6.08 Å². The van der Waals surface area contributed by atoms with E-state index < -0.39 is 24.2 Å². The lowest BCUT2D eigenvalue weighted by Gasteiger charge is -2.26. The molecule has 0 radical (unpaired) electrons. The van der Waals surface area contributed by atoms with Gasteiger partial charge in [-0.05, 0) is 30.0 Å². The van der Waals surface area contributed by atoms with Gasteiger partial charge in [-0.2, -0.15) is 11.8 Å². The Kier molecular flexibility index (Phi) is 6.70. The molecule has 1 fully saturated rings. The molecule has 0 unspecified atom stereocenters. The summed E-state index contributed by atoms with van der Waals surface area (Å²) in [6.45, 7) is 1.17. The fraction of sp³-hybridized carbons (Fsp3) is 0.375. The number of rotatable bonds is 5. The Hall–Kier alpha value is -1.51. The minimum Gasteiger partial charge on any atom is -0.406 e. The van der Waals surface area contributed by atoms with Crippen LogP contribution in [0.1, 0.15) is 5.56 Å². The Morgan fingerprint density at radius 2 is 1.88 bits per heavy atom. The third-order valence-corrected chi connectivity index (χ3v) is 3.96. The molecule has 0 N–H and O–H groups in total. The number of ether oxygens (including phenoxy) is 3. The maximum Gasteiger partial charge on any atom is 0.573 e. The third kappa shape index (κ3) is 6.54. The zero-order valence-corrected chi connectivity index (χ0v) is 13.6. The van der Waals surface area contributed by atoms with Crippen molar-refractivity contribution in [3.05, 3.63) is 47.8 Å². The summed E-state index contributed by atoms with van der Waals surface area (Å²) in [5, 5.41) is 0.310. The van der Waals surface area contributed by atoms with Crippen LogP contribution in [-0.4, -0.2) is 37.4 Å². The van der Waals surface area contributed by atoms with Gasteiger partial charge in [-0.25, -0.2) is 4.39 Å². The van der Waals surface area contributed by atoms with E-state index in [-0.39, 0.29) is 5.56 Å². The van der Waals surface area contributed by atoms with Gasteiger partial charge >= 0.3 is 6.36 Å². The van der Waals surface area contributed by atoms with Gasteiger partial charge in [-0.3, -0.25) is 0 Å². The summed E-state index contributed by atoms with van der Waals surface area (Å²) in [5.41, 5.74) is 0.242. The van der Waals surface area contributed by atoms with Gasteiger partial charge in [-0.15, -0.1) is 13.2 Å². The molecule has 8 heteroatoms. The highest BCUT2D eigenvalue weighted by molar-refractivity contribution is 7.99. The molecule has 0 atom stereocenters. The van der Waals surface area contributed by atoms with E-state index in [2.05, 4.69) is 4.74 Å². The van der Waals surface area contributed by atoms with E-state index in [9.17, 15) is 17.6 Å². The maximum absolute atomic E-state index is 13.3. The minimum absolute atomic E-state index is 0.242. The van der Waals surface area contributed by atoms with Crippen LogP contribution in [0.5, 0.6) is 5.75 Å². The first-order valence-electron chi connectivity index (χ1n) is 7.03. The number of hydrogen-bond donors (Lipinski definition) is 0. The molecule has 1 heterocycles. The number of benzene rings is 1. The predicted molar refractivity (Wildman–Crippen MR) is 84.3 cm³/mol. The van der Waals surface area contributed by atoms with E-state index in [1.54, 1.807) is 30.0 Å². The summed E-state index contributed by atoms with van der Waals surface area (Å²) >= 11 is 1.66. The molecule has 0 aliphatic carbocycles. The van der Waals surface area contributed by atoms with Gasteiger partial charge in [0.15, 0.2) is 6.29 Å². The summed E-state index contributed by atoms with van der Waals surface area (Å²) in [5.74, 6) is -1.42. The lowest BCUT2D eigenvalue weighted by atomic mass is 10.2. The quantitative estimate of drug-likeness (QED) is 0.572. The zero-order chi connectivity index (χ0) is 17.6. The van der Waals surface area contributed by atoms with Crippen LogP contribution in [0.3, 0.4) is 0 Å². The van der Waals surface area contributed by atoms with Crippen molar-refractivity contribution in [2.24, 2.45) is 0 Å². The van der Waals surface area contributed by atoms with Gasteiger partial charge in [-0.1, -0.05) is 18.2 Å². The molecule has 1 aromatic rings. The summed E-state index contributed by atoms with van der Waals surface area (Å²) in [6, 6.07) is 2.87. The highest BCUT2D eigenvalue weighted by atomic mass is 32.2. The highest BCUT2D eigenvalue weighted by Gasteiger charge is 2.31. The first-order valence-corrected chi connectivity index (χ1v) is 8.32. The number of allylic oxidation sites excluding steroid dienone is 2. The van der Waals surface area contributed by atoms with Crippen LogP contribution in [0.2, 0.25) is 0 Å². The fourth-order valence-corrected chi connectivity index (χ4v) is 2.37. The average molecular weight is 364 g/mol. The number of thioether (sulfide) groups is 1. The van der Waals surface area contributed by atoms with Gasteiger partial charge in [0.2, 0.25) is 0 Å².